The number of esters is 3. The van der Waals surface area contributed by atoms with E-state index in [1.54, 1.807) is 123 Å². The molecule has 25 nitrogen and oxygen atoms in total. The van der Waals surface area contributed by atoms with E-state index in [1.165, 1.54) is 115 Å². The number of carboxylic acid groups (broad SMARTS) is 2. The maximum absolute atomic E-state index is 13.0. The van der Waals surface area contributed by atoms with Crippen molar-refractivity contribution in [2.45, 2.75) is 135 Å². The molecule has 9 N–H and O–H groups in total. The van der Waals surface area contributed by atoms with Crippen LogP contribution in [0.25, 0.3) is 66.0 Å². The monoisotopic (exact) mass is 2080 g/mol. The fourth-order valence-corrected chi connectivity index (χ4v) is 14.1. The van der Waals surface area contributed by atoms with Gasteiger partial charge in [0.25, 0.3) is 11.1 Å². The van der Waals surface area contributed by atoms with Crippen LogP contribution in [0.2, 0.25) is 0 Å². The molecular formula is C94H91ClN11O14Y5-5. The van der Waals surface area contributed by atoms with E-state index in [-0.39, 0.29) is 187 Å². The number of aromatic nitrogens is 6. The molecule has 125 heavy (non-hydrogen) atoms. The molecule has 1 amide bonds. The molecule has 5 heterocycles. The number of nitrogens with two attached hydrogens (primary N) is 2. The Balaban J connectivity index is 0.000000271. The van der Waals surface area contributed by atoms with Crippen LogP contribution in [0.3, 0.4) is 0 Å². The Hall–Kier alpha value is -8.29. The quantitative estimate of drug-likeness (QED) is 0.0111. The second-order valence-corrected chi connectivity index (χ2v) is 28.5. The molecule has 5 radical (unpaired) electrons. The van der Waals surface area contributed by atoms with Gasteiger partial charge in [0.2, 0.25) is 0 Å². The number of amides is 1. The number of anilines is 5. The predicted octanol–water partition coefficient (Wildman–Crippen LogP) is 18.8. The number of carbonyl (C=O) groups excluding carboxylic acids is 7. The number of pyridine rings is 4. The number of carboxylic acids is 2. The van der Waals surface area contributed by atoms with Crippen molar-refractivity contribution in [3.8, 4) is 11.4 Å². The van der Waals surface area contributed by atoms with Gasteiger partial charge in [-0.1, -0.05) is 155 Å². The van der Waals surface area contributed by atoms with E-state index in [2.05, 4.69) is 76.0 Å². The number of fused-ring (bicyclic) bond motifs is 5. The summed E-state index contributed by atoms with van der Waals surface area (Å²) in [6.45, 7) is 5.55. The molecule has 0 bridgehead atoms. The Kier molecular flexibility index (Phi) is 47.6. The molecule has 633 valence electrons. The number of nitrogens with one attached hydrogen (secondary N) is 3. The van der Waals surface area contributed by atoms with Gasteiger partial charge in [-0.2, -0.15) is 55.5 Å². The summed E-state index contributed by atoms with van der Waals surface area (Å²) in [6, 6.07) is 57.3. The molecule has 3 aliphatic rings. The first-order valence-corrected chi connectivity index (χ1v) is 39.8. The van der Waals surface area contributed by atoms with E-state index in [1.807, 2.05) is 54.6 Å². The van der Waals surface area contributed by atoms with E-state index < -0.39 is 29.1 Å². The van der Waals surface area contributed by atoms with Gasteiger partial charge in [-0.3, -0.25) is 20.7 Å². The minimum Gasteiger partial charge on any atom is -0.542 e. The van der Waals surface area contributed by atoms with Gasteiger partial charge in [-0.25, -0.2) is 29.0 Å². The second kappa shape index (κ2) is 55.4. The number of carbonyl (C=O) groups is 8. The molecular weight excluding hydrogens is 1990 g/mol. The smallest absolute Gasteiger partial charge is 0.338 e. The molecule has 0 aliphatic heterocycles. The first-order chi connectivity index (χ1) is 58.2. The molecule has 8 aromatic carbocycles. The summed E-state index contributed by atoms with van der Waals surface area (Å²) in [5.41, 5.74) is 23.8. The zero-order valence-corrected chi connectivity index (χ0v) is 84.6. The average molecular weight is 2080 g/mol. The van der Waals surface area contributed by atoms with E-state index in [0.717, 1.165) is 103 Å². The molecule has 0 saturated heterocycles. The first-order valence-electron chi connectivity index (χ1n) is 39.4. The third-order valence-electron chi connectivity index (χ3n) is 20.0. The minimum absolute atomic E-state index is 0. The Labute approximate surface area is 856 Å². The van der Waals surface area contributed by atoms with Crippen LogP contribution in [0, 0.1) is 24.8 Å². The van der Waals surface area contributed by atoms with E-state index in [4.69, 9.17) is 47.4 Å². The van der Waals surface area contributed by atoms with Crippen molar-refractivity contribution in [2.24, 2.45) is 0 Å². The van der Waals surface area contributed by atoms with E-state index in [0.29, 0.717) is 88.1 Å². The van der Waals surface area contributed by atoms with Crippen LogP contribution >= 0.6 is 11.6 Å². The van der Waals surface area contributed by atoms with Crippen LogP contribution in [-0.4, -0.2) is 126 Å². The van der Waals surface area contributed by atoms with Gasteiger partial charge < -0.3 is 81.1 Å². The number of rotatable bonds is 17. The maximum atomic E-state index is 13.0. The topological polar surface area (TPSA) is 379 Å². The fourth-order valence-electron chi connectivity index (χ4n) is 14.0. The van der Waals surface area contributed by atoms with Gasteiger partial charge in [0.1, 0.15) is 5.82 Å². The first kappa shape index (κ1) is 107. The Bertz CT molecular complexity index is 5720. The summed E-state index contributed by atoms with van der Waals surface area (Å²) in [4.78, 5) is 121. The molecule has 0 spiro atoms. The number of aldehydes is 1. The summed E-state index contributed by atoms with van der Waals surface area (Å²) in [7, 11) is 1.28. The molecule has 3 fully saturated rings. The van der Waals surface area contributed by atoms with Gasteiger partial charge in [0.05, 0.1) is 81.9 Å². The fraction of sp³-hybridized carbons (Fsp3) is 0.255. The van der Waals surface area contributed by atoms with Gasteiger partial charge in [-0.15, -0.1) is 21.5 Å². The number of methoxy groups -OCH3 is 1. The van der Waals surface area contributed by atoms with Crippen LogP contribution in [0.1, 0.15) is 206 Å². The SMILES string of the molecule is CCOC(=O)c1ccc(NC2CCCCC2)c(N)c1.CCOC(=O)c1ccc(NC2CCCCC2)c(NC(=O)c2ccc3n[c-]ccc3c2)c1.COC(=O)c1ccc(N)c(C=O)c1.C[C-]=O.O=C(Cl)c1ccc2n[c-]ccc2c1.O=C(O)c1ccc2c(c1)nc(-c1ccc3n[c-]ccc3c1)n2C1CCCCC1.O=C(O)c1ccc2n[c-]ccc2c1.[Y].[Y].[Y].[Y].[Y]. The Morgan fingerprint density at radius 3 is 1.36 bits per heavy atom. The summed E-state index contributed by atoms with van der Waals surface area (Å²) < 4.78 is 16.9. The molecule has 5 aromatic heterocycles. The van der Waals surface area contributed by atoms with Gasteiger partial charge in [-0.05, 0) is 159 Å². The molecule has 3 saturated carbocycles. The average Bonchev–Trinajstić information content (AvgIpc) is 1.61. The maximum Gasteiger partial charge on any atom is 0.338 e. The number of hydrogen-bond donors (Lipinski definition) is 7. The molecule has 0 atom stereocenters. The van der Waals surface area contributed by atoms with E-state index >= 15 is 0 Å². The van der Waals surface area contributed by atoms with Crippen molar-refractivity contribution < 1.29 is 231 Å². The van der Waals surface area contributed by atoms with Crippen molar-refractivity contribution in [3.63, 3.8) is 0 Å². The molecule has 3 aliphatic carbocycles. The molecule has 16 rings (SSSR count). The van der Waals surface area contributed by atoms with E-state index in [9.17, 15) is 43.5 Å². The largest absolute Gasteiger partial charge is 0.542 e. The van der Waals surface area contributed by atoms with Crippen LogP contribution in [0.5, 0.6) is 0 Å². The molecule has 0 unspecified atom stereocenters. The van der Waals surface area contributed by atoms with Crippen LogP contribution < -0.4 is 27.4 Å². The van der Waals surface area contributed by atoms with Crippen LogP contribution in [-0.2, 0) is 183 Å². The number of nitrogens with zero attached hydrogens (tertiary/aromatic N) is 6. The number of ether oxygens (including phenoxy) is 3. The predicted molar refractivity (Wildman–Crippen MR) is 464 cm³/mol. The third kappa shape index (κ3) is 31.6. The summed E-state index contributed by atoms with van der Waals surface area (Å²) in [6.07, 6.45) is 31.3. The normalized spacial score (nSPS) is 12.6. The number of imidazole rings is 1. The summed E-state index contributed by atoms with van der Waals surface area (Å²) in [5.74, 6) is -2.41. The minimum atomic E-state index is -0.927. The zero-order chi connectivity index (χ0) is 85.5. The third-order valence-corrected chi connectivity index (χ3v) is 20.2. The Morgan fingerprint density at radius 1 is 0.472 bits per heavy atom. The number of aromatic carboxylic acids is 2. The van der Waals surface area contributed by atoms with Gasteiger partial charge >= 0.3 is 29.8 Å². The Morgan fingerprint density at radius 2 is 0.880 bits per heavy atom. The number of hydrogen-bond acceptors (Lipinski definition) is 21. The van der Waals surface area contributed by atoms with Crippen molar-refractivity contribution in [1.29, 1.82) is 0 Å². The number of halogens is 1. The van der Waals surface area contributed by atoms with Crippen LogP contribution in [0.15, 0.2) is 194 Å². The number of nitrogen functional groups attached to an aromatic ring is 2. The van der Waals surface area contributed by atoms with Crippen molar-refractivity contribution in [1.82, 2.24) is 29.5 Å². The van der Waals surface area contributed by atoms with Crippen molar-refractivity contribution >= 4 is 148 Å². The summed E-state index contributed by atoms with van der Waals surface area (Å²) in [5, 5.41) is 31.3. The van der Waals surface area contributed by atoms with Gasteiger partial charge in [0, 0.05) is 210 Å². The molecule has 13 aromatic rings. The van der Waals surface area contributed by atoms with Gasteiger partial charge in [0.15, 0.2) is 6.29 Å². The second-order valence-electron chi connectivity index (χ2n) is 28.1. The molecule has 31 heteroatoms. The van der Waals surface area contributed by atoms with Crippen molar-refractivity contribution in [3.05, 3.63) is 263 Å². The van der Waals surface area contributed by atoms with Crippen molar-refractivity contribution in [2.75, 3.05) is 47.7 Å². The zero-order valence-electron chi connectivity index (χ0n) is 69.7. The standard InChI is InChI=1S/C25H26N3O3.C23H20N3O2.C15H22N2O2.C10H5ClNO.C10H6NO2.C9H9NO3.C2H3O.5Y/c1-2-31-25(30)19-11-13-22(27-20-8-4-3-5-9-20)23(16-19)28-24(29)18-10-12-21-17(15-18)7-6-14-26-21;27-23(28)17-9-11-21-20(14-17)25-22(26(21)18-6-2-1-3-7-18)16-8-10-19-15(13-16)5-4-12-24-19;1-2-19-15(18)11-8-9-14(13(16)10-11)17-12-6-4-3-5-7-12;11-10(13)8-3-4-9-7(6-8)2-1-5-12-9;12-10(13)8-3-4-9-7(6-8)2-1-5-11-9;1-13-9(12)6-2-3-8(10)7(4-6)5-11;1-2-3;;;;;/h6-7,10-13,15-16,20,27H,2-5,8-9H2,1H3,(H,28,29);4-5,8-11,13-14,18H,1-3,6-7H2,(H,27,28);8-10,12,17H,2-7,16H2,1H3;1-4,6H;1-4,6H,(H,12,13);2-5H,10H2,1H3;1H3;;;;;/q2*-1;;2*-1;;-1;;;;;. The number of benzene rings is 8. The van der Waals surface area contributed by atoms with Crippen LogP contribution in [0.4, 0.5) is 28.4 Å². The summed E-state index contributed by atoms with van der Waals surface area (Å²) >= 11 is 5.34.